The lowest BCUT2D eigenvalue weighted by atomic mass is 10.2. The topological polar surface area (TPSA) is 21.7 Å². The van der Waals surface area contributed by atoms with E-state index in [0.29, 0.717) is 6.10 Å². The van der Waals surface area contributed by atoms with E-state index in [1.807, 2.05) is 18.3 Å². The van der Waals surface area contributed by atoms with Crippen LogP contribution in [0.5, 0.6) is 0 Å². The molecule has 1 aromatic heterocycles. The summed E-state index contributed by atoms with van der Waals surface area (Å²) in [5, 5.41) is 2.14. The molecule has 0 aliphatic carbocycles. The fraction of sp³-hybridized carbons (Fsp3) is 0.714. The van der Waals surface area contributed by atoms with Crippen molar-refractivity contribution in [3.05, 3.63) is 22.4 Å². The second kappa shape index (κ2) is 7.89. The number of hydrogen-bond acceptors (Lipinski definition) is 4. The van der Waals surface area contributed by atoms with Crippen molar-refractivity contribution in [3.8, 4) is 0 Å². The average molecular weight is 269 g/mol. The minimum Gasteiger partial charge on any atom is -0.380 e. The molecule has 0 N–H and O–H groups in total. The third-order valence-corrected chi connectivity index (χ3v) is 4.06. The maximum Gasteiger partial charge on any atom is 0.0703 e. The molecule has 2 heterocycles. The van der Waals surface area contributed by atoms with Gasteiger partial charge in [-0.3, -0.25) is 4.90 Å². The van der Waals surface area contributed by atoms with E-state index >= 15 is 0 Å². The number of thiophene rings is 1. The summed E-state index contributed by atoms with van der Waals surface area (Å²) in [6.45, 7) is 7.63. The van der Waals surface area contributed by atoms with Gasteiger partial charge in [-0.25, -0.2) is 0 Å². The van der Waals surface area contributed by atoms with Gasteiger partial charge in [0.05, 0.1) is 12.7 Å². The summed E-state index contributed by atoms with van der Waals surface area (Å²) < 4.78 is 11.2. The summed E-state index contributed by atoms with van der Waals surface area (Å²) in [6.07, 6.45) is 2.84. The van der Waals surface area contributed by atoms with Crippen LogP contribution in [0.1, 0.15) is 24.6 Å². The fourth-order valence-corrected chi connectivity index (χ4v) is 3.02. The molecule has 1 aromatic rings. The Hall–Kier alpha value is -0.420. The maximum absolute atomic E-state index is 5.73. The van der Waals surface area contributed by atoms with Crippen molar-refractivity contribution in [1.82, 2.24) is 4.90 Å². The molecule has 0 aromatic carbocycles. The number of rotatable bonds is 8. The van der Waals surface area contributed by atoms with Crippen LogP contribution in [0.4, 0.5) is 0 Å². The molecule has 102 valence electrons. The summed E-state index contributed by atoms with van der Waals surface area (Å²) in [6, 6.07) is 4.32. The smallest absolute Gasteiger partial charge is 0.0703 e. The highest BCUT2D eigenvalue weighted by molar-refractivity contribution is 7.09. The predicted octanol–water partition coefficient (Wildman–Crippen LogP) is 2.77. The zero-order valence-electron chi connectivity index (χ0n) is 11.1. The number of hydrogen-bond donors (Lipinski definition) is 0. The van der Waals surface area contributed by atoms with Crippen molar-refractivity contribution >= 4 is 11.3 Å². The molecular formula is C14H23NO2S. The Morgan fingerprint density at radius 3 is 3.17 bits per heavy atom. The standard InChI is InChI=1S/C14H23NO2S/c1-2-16-9-7-15(11-13-5-3-8-17-13)12-14-6-4-10-18-14/h4,6,10,13H,2-3,5,7-9,11-12H2,1H3. The molecule has 1 unspecified atom stereocenters. The molecular weight excluding hydrogens is 246 g/mol. The van der Waals surface area contributed by atoms with Crippen LogP contribution >= 0.6 is 11.3 Å². The first-order valence-electron chi connectivity index (χ1n) is 6.82. The zero-order valence-corrected chi connectivity index (χ0v) is 12.0. The lowest BCUT2D eigenvalue weighted by Crippen LogP contribution is -2.34. The third kappa shape index (κ3) is 4.69. The molecule has 3 nitrogen and oxygen atoms in total. The fourth-order valence-electron chi connectivity index (χ4n) is 2.27. The van der Waals surface area contributed by atoms with E-state index in [1.54, 1.807) is 0 Å². The molecule has 4 heteroatoms. The molecule has 0 saturated carbocycles. The van der Waals surface area contributed by atoms with Gasteiger partial charge in [0.1, 0.15) is 0 Å². The van der Waals surface area contributed by atoms with Gasteiger partial charge >= 0.3 is 0 Å². The SMILES string of the molecule is CCOCCN(Cc1cccs1)CC1CCCO1. The summed E-state index contributed by atoms with van der Waals surface area (Å²) in [7, 11) is 0. The van der Waals surface area contributed by atoms with Gasteiger partial charge in [-0.1, -0.05) is 6.07 Å². The first-order valence-corrected chi connectivity index (χ1v) is 7.70. The lowest BCUT2D eigenvalue weighted by molar-refractivity contribution is 0.0532. The second-order valence-electron chi connectivity index (χ2n) is 4.65. The van der Waals surface area contributed by atoms with Gasteiger partial charge in [-0.05, 0) is 31.2 Å². The molecule has 0 bridgehead atoms. The third-order valence-electron chi connectivity index (χ3n) is 3.20. The van der Waals surface area contributed by atoms with E-state index in [2.05, 4.69) is 22.4 Å². The van der Waals surface area contributed by atoms with Crippen LogP contribution in [0, 0.1) is 0 Å². The summed E-state index contributed by atoms with van der Waals surface area (Å²) in [5.74, 6) is 0. The highest BCUT2D eigenvalue weighted by Gasteiger charge is 2.19. The maximum atomic E-state index is 5.73. The molecule has 0 amide bonds. The Labute approximate surface area is 114 Å². The molecule has 0 spiro atoms. The van der Waals surface area contributed by atoms with Gasteiger partial charge in [0.2, 0.25) is 0 Å². The van der Waals surface area contributed by atoms with E-state index in [9.17, 15) is 0 Å². The molecule has 1 fully saturated rings. The predicted molar refractivity (Wildman–Crippen MR) is 75.1 cm³/mol. The van der Waals surface area contributed by atoms with E-state index in [1.165, 1.54) is 17.7 Å². The van der Waals surface area contributed by atoms with Gasteiger partial charge in [-0.2, -0.15) is 0 Å². The minimum absolute atomic E-state index is 0.423. The first kappa shape index (κ1) is 14.0. The Balaban J connectivity index is 1.80. The van der Waals surface area contributed by atoms with Crippen molar-refractivity contribution in [3.63, 3.8) is 0 Å². The first-order chi connectivity index (χ1) is 8.88. The normalized spacial score (nSPS) is 19.8. The Kier molecular flexibility index (Phi) is 6.14. The van der Waals surface area contributed by atoms with Crippen LogP contribution in [0.2, 0.25) is 0 Å². The molecule has 0 radical (unpaired) electrons. The monoisotopic (exact) mass is 269 g/mol. The van der Waals surface area contributed by atoms with Gasteiger partial charge in [0.25, 0.3) is 0 Å². The number of nitrogens with zero attached hydrogens (tertiary/aromatic N) is 1. The van der Waals surface area contributed by atoms with Gasteiger partial charge in [0.15, 0.2) is 0 Å². The molecule has 1 saturated heterocycles. The van der Waals surface area contributed by atoms with E-state index in [-0.39, 0.29) is 0 Å². The van der Waals surface area contributed by atoms with E-state index < -0.39 is 0 Å². The van der Waals surface area contributed by atoms with Crippen LogP contribution in [0.15, 0.2) is 17.5 Å². The number of ether oxygens (including phenoxy) is 2. The molecule has 2 rings (SSSR count). The summed E-state index contributed by atoms with van der Waals surface area (Å²) in [4.78, 5) is 3.88. The van der Waals surface area contributed by atoms with Crippen molar-refractivity contribution in [1.29, 1.82) is 0 Å². The van der Waals surface area contributed by atoms with Gasteiger partial charge in [-0.15, -0.1) is 11.3 Å². The highest BCUT2D eigenvalue weighted by Crippen LogP contribution is 2.16. The van der Waals surface area contributed by atoms with Crippen molar-refractivity contribution in [2.24, 2.45) is 0 Å². The molecule has 1 atom stereocenters. The van der Waals surface area contributed by atoms with Crippen LogP contribution in [-0.2, 0) is 16.0 Å². The van der Waals surface area contributed by atoms with Crippen LogP contribution in [0.25, 0.3) is 0 Å². The van der Waals surface area contributed by atoms with Crippen molar-refractivity contribution < 1.29 is 9.47 Å². The molecule has 1 aliphatic rings. The quantitative estimate of drug-likeness (QED) is 0.677. The average Bonchev–Trinajstić information content (AvgIpc) is 3.02. The van der Waals surface area contributed by atoms with Crippen molar-refractivity contribution in [2.75, 3.05) is 32.9 Å². The minimum atomic E-state index is 0.423. The van der Waals surface area contributed by atoms with Crippen LogP contribution in [0.3, 0.4) is 0 Å². The van der Waals surface area contributed by atoms with Gasteiger partial charge < -0.3 is 9.47 Å². The van der Waals surface area contributed by atoms with E-state index in [0.717, 1.165) is 39.5 Å². The van der Waals surface area contributed by atoms with Crippen LogP contribution < -0.4 is 0 Å². The summed E-state index contributed by atoms with van der Waals surface area (Å²) in [5.41, 5.74) is 0. The van der Waals surface area contributed by atoms with Gasteiger partial charge in [0, 0.05) is 37.7 Å². The Morgan fingerprint density at radius 1 is 1.56 bits per heavy atom. The lowest BCUT2D eigenvalue weighted by Gasteiger charge is -2.24. The second-order valence-corrected chi connectivity index (χ2v) is 5.68. The van der Waals surface area contributed by atoms with Crippen molar-refractivity contribution in [2.45, 2.75) is 32.4 Å². The molecule has 18 heavy (non-hydrogen) atoms. The Bertz CT molecular complexity index is 310. The zero-order chi connectivity index (χ0) is 12.6. The summed E-state index contributed by atoms with van der Waals surface area (Å²) >= 11 is 1.83. The molecule has 1 aliphatic heterocycles. The Morgan fingerprint density at radius 2 is 2.50 bits per heavy atom. The van der Waals surface area contributed by atoms with Crippen LogP contribution in [-0.4, -0.2) is 43.9 Å². The van der Waals surface area contributed by atoms with E-state index in [4.69, 9.17) is 9.47 Å². The largest absolute Gasteiger partial charge is 0.380 e. The highest BCUT2D eigenvalue weighted by atomic mass is 32.1.